The highest BCUT2D eigenvalue weighted by atomic mass is 16.5. The van der Waals surface area contributed by atoms with E-state index in [0.29, 0.717) is 12.0 Å². The van der Waals surface area contributed by atoms with Crippen LogP contribution in [0.15, 0.2) is 0 Å². The van der Waals surface area contributed by atoms with Gasteiger partial charge in [0, 0.05) is 19.7 Å². The number of nitrogens with zero attached hydrogens (tertiary/aromatic N) is 1. The van der Waals surface area contributed by atoms with Crippen molar-refractivity contribution < 1.29 is 9.53 Å². The fourth-order valence-electron chi connectivity index (χ4n) is 3.26. The van der Waals surface area contributed by atoms with Gasteiger partial charge in [0.05, 0.1) is 12.0 Å². The van der Waals surface area contributed by atoms with Gasteiger partial charge in [0.2, 0.25) is 0 Å². The summed E-state index contributed by atoms with van der Waals surface area (Å²) in [5, 5.41) is 0. The molecule has 0 spiro atoms. The van der Waals surface area contributed by atoms with Gasteiger partial charge in [0.1, 0.15) is 6.29 Å². The molecule has 0 aromatic carbocycles. The Hall–Kier alpha value is -0.410. The molecule has 3 nitrogen and oxygen atoms in total. The minimum Gasteiger partial charge on any atom is -0.380 e. The summed E-state index contributed by atoms with van der Waals surface area (Å²) < 4.78 is 5.52. The summed E-state index contributed by atoms with van der Waals surface area (Å²) >= 11 is 0. The van der Waals surface area contributed by atoms with E-state index in [-0.39, 0.29) is 5.41 Å². The first-order valence-corrected chi connectivity index (χ1v) is 7.22. The van der Waals surface area contributed by atoms with Crippen LogP contribution < -0.4 is 0 Å². The lowest BCUT2D eigenvalue weighted by Crippen LogP contribution is -2.44. The van der Waals surface area contributed by atoms with Crippen LogP contribution in [0.2, 0.25) is 0 Å². The Morgan fingerprint density at radius 2 is 2.22 bits per heavy atom. The predicted molar refractivity (Wildman–Crippen MR) is 72.6 cm³/mol. The number of aldehydes is 1. The van der Waals surface area contributed by atoms with Crippen molar-refractivity contribution in [1.82, 2.24) is 4.90 Å². The van der Waals surface area contributed by atoms with Crippen LogP contribution in [0.1, 0.15) is 40.0 Å². The van der Waals surface area contributed by atoms with Crippen molar-refractivity contribution in [2.24, 2.45) is 16.7 Å². The molecule has 0 radical (unpaired) electrons. The number of hydrogen-bond donors (Lipinski definition) is 0. The van der Waals surface area contributed by atoms with Crippen LogP contribution in [0, 0.1) is 16.7 Å². The zero-order chi connectivity index (χ0) is 13.2. The molecule has 2 heterocycles. The van der Waals surface area contributed by atoms with E-state index in [9.17, 15) is 4.79 Å². The normalized spacial score (nSPS) is 34.7. The number of carbonyl (C=O) groups excluding carboxylic acids is 1. The van der Waals surface area contributed by atoms with Crippen LogP contribution in [-0.2, 0) is 9.53 Å². The number of ether oxygens (including phenoxy) is 1. The van der Waals surface area contributed by atoms with Crippen LogP contribution in [-0.4, -0.2) is 44.0 Å². The van der Waals surface area contributed by atoms with Gasteiger partial charge >= 0.3 is 0 Å². The zero-order valence-electron chi connectivity index (χ0n) is 12.1. The quantitative estimate of drug-likeness (QED) is 0.723. The highest BCUT2D eigenvalue weighted by molar-refractivity contribution is 5.60. The van der Waals surface area contributed by atoms with Crippen molar-refractivity contribution in [3.63, 3.8) is 0 Å². The summed E-state index contributed by atoms with van der Waals surface area (Å²) in [6.45, 7) is 11.6. The Balaban J connectivity index is 1.92. The van der Waals surface area contributed by atoms with E-state index in [0.717, 1.165) is 51.3 Å². The minimum atomic E-state index is -0.231. The Kier molecular flexibility index (Phi) is 4.12. The van der Waals surface area contributed by atoms with Gasteiger partial charge in [0.25, 0.3) is 0 Å². The molecule has 2 atom stereocenters. The summed E-state index contributed by atoms with van der Waals surface area (Å²) in [5.74, 6) is 0.755. The standard InChI is InChI=1S/C15H27NO2/c1-14(2,3)13-5-7-16(9-13)10-15(11-17)6-4-8-18-12-15/h11,13H,4-10,12H2,1-3H3. The highest BCUT2D eigenvalue weighted by Gasteiger charge is 2.38. The van der Waals surface area contributed by atoms with Crippen molar-refractivity contribution >= 4 is 6.29 Å². The van der Waals surface area contributed by atoms with Crippen molar-refractivity contribution in [1.29, 1.82) is 0 Å². The third-order valence-corrected chi connectivity index (χ3v) is 4.64. The van der Waals surface area contributed by atoms with Gasteiger partial charge in [0.15, 0.2) is 0 Å². The second-order valence-electron chi connectivity index (χ2n) is 7.22. The first-order valence-electron chi connectivity index (χ1n) is 7.22. The van der Waals surface area contributed by atoms with Crippen molar-refractivity contribution in [3.8, 4) is 0 Å². The number of hydrogen-bond acceptors (Lipinski definition) is 3. The van der Waals surface area contributed by atoms with Crippen LogP contribution in [0.4, 0.5) is 0 Å². The topological polar surface area (TPSA) is 29.5 Å². The number of likely N-dealkylation sites (tertiary alicyclic amines) is 1. The van der Waals surface area contributed by atoms with E-state index < -0.39 is 0 Å². The van der Waals surface area contributed by atoms with Crippen LogP contribution in [0.5, 0.6) is 0 Å². The average Bonchev–Trinajstić information content (AvgIpc) is 2.78. The fraction of sp³-hybridized carbons (Fsp3) is 0.933. The number of rotatable bonds is 3. The zero-order valence-corrected chi connectivity index (χ0v) is 12.1. The maximum atomic E-state index is 11.4. The molecule has 0 aliphatic carbocycles. The van der Waals surface area contributed by atoms with E-state index in [2.05, 4.69) is 25.7 Å². The molecule has 2 aliphatic rings. The monoisotopic (exact) mass is 253 g/mol. The van der Waals surface area contributed by atoms with Gasteiger partial charge in [-0.15, -0.1) is 0 Å². The number of carbonyl (C=O) groups is 1. The van der Waals surface area contributed by atoms with Crippen LogP contribution >= 0.6 is 0 Å². The molecule has 0 aromatic rings. The Morgan fingerprint density at radius 1 is 1.44 bits per heavy atom. The van der Waals surface area contributed by atoms with E-state index in [1.54, 1.807) is 0 Å². The van der Waals surface area contributed by atoms with E-state index in [1.165, 1.54) is 6.42 Å². The lowest BCUT2D eigenvalue weighted by Gasteiger charge is -2.36. The second-order valence-corrected chi connectivity index (χ2v) is 7.22. The third kappa shape index (κ3) is 3.12. The molecule has 0 bridgehead atoms. The minimum absolute atomic E-state index is 0.231. The van der Waals surface area contributed by atoms with E-state index >= 15 is 0 Å². The SMILES string of the molecule is CC(C)(C)C1CCN(CC2(C=O)CCCOC2)C1. The summed E-state index contributed by atoms with van der Waals surface area (Å²) in [5.41, 5.74) is 0.150. The molecule has 2 saturated heterocycles. The van der Waals surface area contributed by atoms with Crippen LogP contribution in [0.3, 0.4) is 0 Å². The third-order valence-electron chi connectivity index (χ3n) is 4.64. The molecular weight excluding hydrogens is 226 g/mol. The second kappa shape index (κ2) is 5.30. The molecule has 0 amide bonds. The van der Waals surface area contributed by atoms with Gasteiger partial charge in [-0.25, -0.2) is 0 Å². The highest BCUT2D eigenvalue weighted by Crippen LogP contribution is 2.36. The van der Waals surface area contributed by atoms with Crippen LogP contribution in [0.25, 0.3) is 0 Å². The molecule has 3 heteroatoms. The summed E-state index contributed by atoms with van der Waals surface area (Å²) in [6, 6.07) is 0. The first-order chi connectivity index (χ1) is 8.45. The maximum Gasteiger partial charge on any atom is 0.129 e. The molecule has 2 rings (SSSR count). The Morgan fingerprint density at radius 3 is 2.72 bits per heavy atom. The average molecular weight is 253 g/mol. The fourth-order valence-corrected chi connectivity index (χ4v) is 3.26. The lowest BCUT2D eigenvalue weighted by atomic mass is 9.80. The van der Waals surface area contributed by atoms with Gasteiger partial charge in [-0.2, -0.15) is 0 Å². The predicted octanol–water partition coefficient (Wildman–Crippen LogP) is 2.35. The van der Waals surface area contributed by atoms with Gasteiger partial charge < -0.3 is 14.4 Å². The largest absolute Gasteiger partial charge is 0.380 e. The molecule has 0 N–H and O–H groups in total. The van der Waals surface area contributed by atoms with Crippen molar-refractivity contribution in [3.05, 3.63) is 0 Å². The maximum absolute atomic E-state index is 11.4. The van der Waals surface area contributed by atoms with E-state index in [1.807, 2.05) is 0 Å². The Bertz CT molecular complexity index is 289. The molecule has 104 valence electrons. The molecule has 0 aromatic heterocycles. The molecule has 2 fully saturated rings. The molecule has 0 saturated carbocycles. The molecule has 2 unspecified atom stereocenters. The van der Waals surface area contributed by atoms with Gasteiger partial charge in [-0.1, -0.05) is 20.8 Å². The smallest absolute Gasteiger partial charge is 0.129 e. The molecule has 2 aliphatic heterocycles. The van der Waals surface area contributed by atoms with Crippen molar-refractivity contribution in [2.75, 3.05) is 32.8 Å². The molecule has 18 heavy (non-hydrogen) atoms. The summed E-state index contributed by atoms with van der Waals surface area (Å²) in [6.07, 6.45) is 4.43. The summed E-state index contributed by atoms with van der Waals surface area (Å²) in [4.78, 5) is 13.9. The Labute approximate surface area is 111 Å². The summed E-state index contributed by atoms with van der Waals surface area (Å²) in [7, 11) is 0. The van der Waals surface area contributed by atoms with Gasteiger partial charge in [-0.05, 0) is 37.1 Å². The van der Waals surface area contributed by atoms with E-state index in [4.69, 9.17) is 4.74 Å². The first kappa shape index (κ1) is 14.0. The lowest BCUT2D eigenvalue weighted by molar-refractivity contribution is -0.125. The van der Waals surface area contributed by atoms with Gasteiger partial charge in [-0.3, -0.25) is 0 Å². The van der Waals surface area contributed by atoms with Crippen molar-refractivity contribution in [2.45, 2.75) is 40.0 Å². The molecular formula is C15H27NO2.